The van der Waals surface area contributed by atoms with Gasteiger partial charge >= 0.3 is 5.97 Å². The quantitative estimate of drug-likeness (QED) is 0.686. The van der Waals surface area contributed by atoms with Gasteiger partial charge < -0.3 is 9.84 Å². The van der Waals surface area contributed by atoms with Crippen molar-refractivity contribution in [1.82, 2.24) is 4.98 Å². The molecule has 0 aliphatic rings. The maximum Gasteiger partial charge on any atom is 0.339 e. The van der Waals surface area contributed by atoms with Crippen LogP contribution in [0.4, 0.5) is 5.69 Å². The van der Waals surface area contributed by atoms with E-state index in [9.17, 15) is 14.9 Å². The summed E-state index contributed by atoms with van der Waals surface area (Å²) in [7, 11) is 0. The van der Waals surface area contributed by atoms with Gasteiger partial charge in [-0.1, -0.05) is 23.7 Å². The lowest BCUT2D eigenvalue weighted by atomic mass is 10.2. The summed E-state index contributed by atoms with van der Waals surface area (Å²) in [5, 5.41) is 19.5. The Kier molecular flexibility index (Phi) is 3.81. The largest absolute Gasteiger partial charge is 0.478 e. The van der Waals surface area contributed by atoms with Crippen LogP contribution in [-0.2, 0) is 0 Å². The number of hydrogen-bond acceptors (Lipinski definition) is 5. The Morgan fingerprint density at radius 1 is 1.40 bits per heavy atom. The van der Waals surface area contributed by atoms with E-state index < -0.39 is 10.9 Å². The second-order valence-electron chi connectivity index (χ2n) is 3.64. The van der Waals surface area contributed by atoms with Crippen LogP contribution in [0.5, 0.6) is 11.6 Å². The molecule has 0 unspecified atom stereocenters. The first-order valence-corrected chi connectivity index (χ1v) is 5.67. The monoisotopic (exact) mass is 294 g/mol. The Labute approximate surface area is 117 Å². The molecule has 0 atom stereocenters. The van der Waals surface area contributed by atoms with Gasteiger partial charge in [-0.3, -0.25) is 10.1 Å². The van der Waals surface area contributed by atoms with Gasteiger partial charge in [-0.2, -0.15) is 0 Å². The number of aromatic carboxylic acids is 1. The highest BCUT2D eigenvalue weighted by Crippen LogP contribution is 2.31. The predicted molar refractivity (Wildman–Crippen MR) is 69.4 cm³/mol. The highest BCUT2D eigenvalue weighted by molar-refractivity contribution is 6.32. The fourth-order valence-electron chi connectivity index (χ4n) is 1.43. The van der Waals surface area contributed by atoms with Gasteiger partial charge in [-0.15, -0.1) is 0 Å². The van der Waals surface area contributed by atoms with Crippen molar-refractivity contribution < 1.29 is 19.6 Å². The number of halogens is 1. The third kappa shape index (κ3) is 2.83. The lowest BCUT2D eigenvalue weighted by molar-refractivity contribution is -0.385. The number of rotatable bonds is 4. The molecular weight excluding hydrogens is 288 g/mol. The SMILES string of the molecule is O=C(O)c1ccccc1Oc1ncc([N+](=O)[O-])cc1Cl. The number of carboxylic acids is 1. The lowest BCUT2D eigenvalue weighted by Crippen LogP contribution is -2.00. The van der Waals surface area contributed by atoms with Gasteiger partial charge in [0.15, 0.2) is 0 Å². The summed E-state index contributed by atoms with van der Waals surface area (Å²) >= 11 is 5.82. The van der Waals surface area contributed by atoms with Crippen molar-refractivity contribution in [3.63, 3.8) is 0 Å². The van der Waals surface area contributed by atoms with Gasteiger partial charge in [0.1, 0.15) is 22.5 Å². The standard InChI is InChI=1S/C12H7ClN2O5/c13-9-5-7(15(18)19)6-14-11(9)20-10-4-2-1-3-8(10)12(16)17/h1-6H,(H,16,17). The van der Waals surface area contributed by atoms with Gasteiger partial charge in [-0.25, -0.2) is 9.78 Å². The normalized spacial score (nSPS) is 10.1. The molecule has 2 aromatic rings. The zero-order valence-corrected chi connectivity index (χ0v) is 10.6. The Balaban J connectivity index is 2.36. The van der Waals surface area contributed by atoms with Crippen LogP contribution in [0.25, 0.3) is 0 Å². The molecule has 0 radical (unpaired) electrons. The number of para-hydroxylation sites is 1. The van der Waals surface area contributed by atoms with E-state index in [4.69, 9.17) is 21.4 Å². The molecule has 0 amide bonds. The van der Waals surface area contributed by atoms with E-state index in [-0.39, 0.29) is 27.9 Å². The first-order chi connectivity index (χ1) is 9.49. The molecule has 0 aliphatic heterocycles. The summed E-state index contributed by atoms with van der Waals surface area (Å²) in [6.07, 6.45) is 0.977. The highest BCUT2D eigenvalue weighted by Gasteiger charge is 2.16. The van der Waals surface area contributed by atoms with E-state index in [1.165, 1.54) is 12.1 Å². The second-order valence-corrected chi connectivity index (χ2v) is 4.05. The smallest absolute Gasteiger partial charge is 0.339 e. The number of nitro groups is 1. The Morgan fingerprint density at radius 2 is 2.10 bits per heavy atom. The molecule has 8 heteroatoms. The van der Waals surface area contributed by atoms with Crippen molar-refractivity contribution >= 4 is 23.3 Å². The summed E-state index contributed by atoms with van der Waals surface area (Å²) in [6, 6.07) is 7.00. The maximum absolute atomic E-state index is 11.0. The van der Waals surface area contributed by atoms with Crippen molar-refractivity contribution in [2.45, 2.75) is 0 Å². The third-order valence-corrected chi connectivity index (χ3v) is 2.60. The van der Waals surface area contributed by atoms with E-state index in [0.717, 1.165) is 12.3 Å². The molecular formula is C12H7ClN2O5. The minimum atomic E-state index is -1.17. The zero-order chi connectivity index (χ0) is 14.7. The third-order valence-electron chi connectivity index (χ3n) is 2.33. The number of nitrogens with zero attached hydrogens (tertiary/aromatic N) is 2. The van der Waals surface area contributed by atoms with Crippen molar-refractivity contribution in [3.8, 4) is 11.6 Å². The molecule has 7 nitrogen and oxygen atoms in total. The molecule has 102 valence electrons. The number of aromatic nitrogens is 1. The van der Waals surface area contributed by atoms with Crippen LogP contribution in [-0.4, -0.2) is 21.0 Å². The molecule has 1 aromatic heterocycles. The van der Waals surface area contributed by atoms with Crippen LogP contribution in [0, 0.1) is 10.1 Å². The van der Waals surface area contributed by atoms with Crippen molar-refractivity contribution in [2.75, 3.05) is 0 Å². The molecule has 0 bridgehead atoms. The predicted octanol–water partition coefficient (Wildman–Crippen LogP) is 3.13. The minimum absolute atomic E-state index is 0.0447. The van der Waals surface area contributed by atoms with Gasteiger partial charge in [0.25, 0.3) is 5.69 Å². The molecule has 0 fully saturated rings. The van der Waals surface area contributed by atoms with Gasteiger partial charge in [0.2, 0.25) is 5.88 Å². The summed E-state index contributed by atoms with van der Waals surface area (Å²) in [4.78, 5) is 24.6. The van der Waals surface area contributed by atoms with Gasteiger partial charge in [0, 0.05) is 6.07 Å². The number of hydrogen-bond donors (Lipinski definition) is 1. The first-order valence-electron chi connectivity index (χ1n) is 5.29. The molecule has 1 aromatic carbocycles. The molecule has 1 heterocycles. The number of carboxylic acid groups (broad SMARTS) is 1. The topological polar surface area (TPSA) is 103 Å². The van der Waals surface area contributed by atoms with Crippen LogP contribution < -0.4 is 4.74 Å². The summed E-state index contributed by atoms with van der Waals surface area (Å²) in [5.74, 6) is -1.23. The van der Waals surface area contributed by atoms with Crippen molar-refractivity contribution in [1.29, 1.82) is 0 Å². The average molecular weight is 295 g/mol. The Hall–Kier alpha value is -2.67. The van der Waals surface area contributed by atoms with Crippen LogP contribution >= 0.6 is 11.6 Å². The number of pyridine rings is 1. The van der Waals surface area contributed by atoms with Crippen LogP contribution in [0.1, 0.15) is 10.4 Å². The molecule has 0 aliphatic carbocycles. The van der Waals surface area contributed by atoms with Crippen LogP contribution in [0.15, 0.2) is 36.5 Å². The fraction of sp³-hybridized carbons (Fsp3) is 0. The molecule has 0 saturated heterocycles. The summed E-state index contributed by atoms with van der Waals surface area (Å²) in [5.41, 5.74) is -0.349. The van der Waals surface area contributed by atoms with E-state index >= 15 is 0 Å². The number of ether oxygens (including phenoxy) is 1. The lowest BCUT2D eigenvalue weighted by Gasteiger charge is -2.08. The van der Waals surface area contributed by atoms with Gasteiger partial charge in [0.05, 0.1) is 4.92 Å². The molecule has 20 heavy (non-hydrogen) atoms. The van der Waals surface area contributed by atoms with Gasteiger partial charge in [-0.05, 0) is 12.1 Å². The average Bonchev–Trinajstić information content (AvgIpc) is 2.41. The molecule has 2 rings (SSSR count). The van der Waals surface area contributed by atoms with E-state index in [1.807, 2.05) is 0 Å². The van der Waals surface area contributed by atoms with Crippen molar-refractivity contribution in [3.05, 3.63) is 57.2 Å². The van der Waals surface area contributed by atoms with E-state index in [1.54, 1.807) is 12.1 Å². The zero-order valence-electron chi connectivity index (χ0n) is 9.82. The molecule has 0 spiro atoms. The number of benzene rings is 1. The van der Waals surface area contributed by atoms with E-state index in [2.05, 4.69) is 4.98 Å². The minimum Gasteiger partial charge on any atom is -0.478 e. The van der Waals surface area contributed by atoms with Crippen LogP contribution in [0.3, 0.4) is 0 Å². The Morgan fingerprint density at radius 3 is 2.70 bits per heavy atom. The fourth-order valence-corrected chi connectivity index (χ4v) is 1.63. The first kappa shape index (κ1) is 13.8. The Bertz CT molecular complexity index is 689. The second kappa shape index (κ2) is 5.54. The molecule has 0 saturated carbocycles. The highest BCUT2D eigenvalue weighted by atomic mass is 35.5. The summed E-state index contributed by atoms with van der Waals surface area (Å²) in [6.45, 7) is 0. The van der Waals surface area contributed by atoms with Crippen LogP contribution in [0.2, 0.25) is 5.02 Å². The summed E-state index contributed by atoms with van der Waals surface area (Å²) < 4.78 is 5.29. The maximum atomic E-state index is 11.0. The molecule has 1 N–H and O–H groups in total. The van der Waals surface area contributed by atoms with Crippen molar-refractivity contribution in [2.24, 2.45) is 0 Å². The van der Waals surface area contributed by atoms with E-state index in [0.29, 0.717) is 0 Å². The number of carbonyl (C=O) groups is 1.